The minimum Gasteiger partial charge on any atom is -0.479 e. The molecule has 1 fully saturated rings. The fourth-order valence-electron chi connectivity index (χ4n) is 2.57. The normalized spacial score (nSPS) is 20.3. The van der Waals surface area contributed by atoms with Gasteiger partial charge in [-0.05, 0) is 12.0 Å². The van der Waals surface area contributed by atoms with Crippen LogP contribution in [0.25, 0.3) is 0 Å². The molecule has 120 valence electrons. The van der Waals surface area contributed by atoms with E-state index in [0.29, 0.717) is 25.1 Å². The number of carbonyl (C=O) groups is 2. The second-order valence-electron chi connectivity index (χ2n) is 5.41. The molecule has 0 aliphatic carbocycles. The molecule has 3 rings (SSSR count). The number of carboxylic acid groups (broad SMARTS) is 1. The van der Waals surface area contributed by atoms with Crippen LogP contribution >= 0.6 is 0 Å². The van der Waals surface area contributed by atoms with Gasteiger partial charge in [-0.1, -0.05) is 30.3 Å². The number of ether oxygens (including phenoxy) is 1. The van der Waals surface area contributed by atoms with Gasteiger partial charge in [0, 0.05) is 12.8 Å². The minimum absolute atomic E-state index is 0.329. The van der Waals surface area contributed by atoms with Crippen LogP contribution in [-0.2, 0) is 16.1 Å². The van der Waals surface area contributed by atoms with Crippen LogP contribution in [0.1, 0.15) is 22.3 Å². The largest absolute Gasteiger partial charge is 0.479 e. The van der Waals surface area contributed by atoms with Gasteiger partial charge in [0.1, 0.15) is 0 Å². The van der Waals surface area contributed by atoms with Gasteiger partial charge >= 0.3 is 5.97 Å². The van der Waals surface area contributed by atoms with Crippen LogP contribution in [0.5, 0.6) is 0 Å². The monoisotopic (exact) mass is 315 g/mol. The molecule has 1 aliphatic rings. The summed E-state index contributed by atoms with van der Waals surface area (Å²) in [6.45, 7) is 0.896. The molecule has 2 atom stereocenters. The molecule has 0 spiro atoms. The lowest BCUT2D eigenvalue weighted by Crippen LogP contribution is -2.44. The molecule has 0 unspecified atom stereocenters. The summed E-state index contributed by atoms with van der Waals surface area (Å²) in [5.41, 5.74) is 1.48. The standard InChI is InChI=1S/C16H17N3O4/c20-15(18-13-6-7-23-14(13)16(21)22)12-8-17-19(10-12)9-11-4-2-1-3-5-11/h1-5,8,10,13-14H,6-7,9H2,(H,18,20)(H,21,22)/t13-,14+/m0/s1. The first kappa shape index (κ1) is 15.2. The maximum atomic E-state index is 12.2. The van der Waals surface area contributed by atoms with Gasteiger partial charge < -0.3 is 15.2 Å². The summed E-state index contributed by atoms with van der Waals surface area (Å²) in [7, 11) is 0. The number of amides is 1. The third-order valence-corrected chi connectivity index (χ3v) is 3.73. The van der Waals surface area contributed by atoms with E-state index < -0.39 is 18.1 Å². The summed E-state index contributed by atoms with van der Waals surface area (Å²) < 4.78 is 6.78. The summed E-state index contributed by atoms with van der Waals surface area (Å²) in [6.07, 6.45) is 2.62. The number of carboxylic acids is 1. The van der Waals surface area contributed by atoms with Crippen LogP contribution in [0.4, 0.5) is 0 Å². The Morgan fingerprint density at radius 1 is 1.35 bits per heavy atom. The Morgan fingerprint density at radius 3 is 2.87 bits per heavy atom. The molecule has 0 saturated carbocycles. The SMILES string of the molecule is O=C(N[C@H]1CCO[C@H]1C(=O)O)c1cnn(Cc2ccccc2)c1. The van der Waals surface area contributed by atoms with Crippen molar-refractivity contribution >= 4 is 11.9 Å². The first-order valence-corrected chi connectivity index (χ1v) is 7.35. The lowest BCUT2D eigenvalue weighted by molar-refractivity contribution is -0.148. The van der Waals surface area contributed by atoms with E-state index in [1.54, 1.807) is 10.9 Å². The Bertz CT molecular complexity index is 698. The lowest BCUT2D eigenvalue weighted by atomic mass is 10.1. The number of benzene rings is 1. The molecule has 23 heavy (non-hydrogen) atoms. The zero-order valence-corrected chi connectivity index (χ0v) is 12.4. The van der Waals surface area contributed by atoms with Crippen LogP contribution in [0.3, 0.4) is 0 Å². The van der Waals surface area contributed by atoms with Gasteiger partial charge in [-0.2, -0.15) is 5.10 Å². The molecule has 1 aliphatic heterocycles. The molecule has 2 heterocycles. The number of aliphatic carboxylic acids is 1. The number of rotatable bonds is 5. The first-order valence-electron chi connectivity index (χ1n) is 7.35. The predicted octanol–water partition coefficient (Wildman–Crippen LogP) is 0.903. The summed E-state index contributed by atoms with van der Waals surface area (Å²) in [5, 5.41) is 15.9. The molecule has 0 radical (unpaired) electrons. The molecule has 2 N–H and O–H groups in total. The maximum Gasteiger partial charge on any atom is 0.334 e. The topological polar surface area (TPSA) is 93.4 Å². The molecule has 2 aromatic rings. The van der Waals surface area contributed by atoms with Crippen LogP contribution in [0, 0.1) is 0 Å². The van der Waals surface area contributed by atoms with E-state index in [0.717, 1.165) is 5.56 Å². The van der Waals surface area contributed by atoms with Gasteiger partial charge in [-0.25, -0.2) is 4.79 Å². The molecule has 1 aromatic heterocycles. The van der Waals surface area contributed by atoms with Crippen LogP contribution in [0.2, 0.25) is 0 Å². The highest BCUT2D eigenvalue weighted by molar-refractivity contribution is 5.94. The summed E-state index contributed by atoms with van der Waals surface area (Å²) in [5.74, 6) is -1.40. The Morgan fingerprint density at radius 2 is 2.13 bits per heavy atom. The Labute approximate surface area is 132 Å². The molecule has 1 saturated heterocycles. The van der Waals surface area contributed by atoms with Crippen molar-refractivity contribution in [1.29, 1.82) is 0 Å². The van der Waals surface area contributed by atoms with E-state index >= 15 is 0 Å². The summed E-state index contributed by atoms with van der Waals surface area (Å²) in [4.78, 5) is 23.3. The second kappa shape index (κ2) is 6.62. The number of hydrogen-bond donors (Lipinski definition) is 2. The average Bonchev–Trinajstić information content (AvgIpc) is 3.17. The van der Waals surface area contributed by atoms with Gasteiger partial charge in [-0.15, -0.1) is 0 Å². The number of nitrogens with one attached hydrogen (secondary N) is 1. The minimum atomic E-state index is -1.06. The molecular weight excluding hydrogens is 298 g/mol. The molecule has 0 bridgehead atoms. The summed E-state index contributed by atoms with van der Waals surface area (Å²) >= 11 is 0. The molecule has 1 amide bonds. The van der Waals surface area contributed by atoms with Crippen molar-refractivity contribution in [2.75, 3.05) is 6.61 Å². The zero-order valence-electron chi connectivity index (χ0n) is 12.4. The first-order chi connectivity index (χ1) is 11.1. The van der Waals surface area contributed by atoms with E-state index in [2.05, 4.69) is 10.4 Å². The fraction of sp³-hybridized carbons (Fsp3) is 0.312. The third kappa shape index (κ3) is 3.57. The summed E-state index contributed by atoms with van der Waals surface area (Å²) in [6, 6.07) is 9.27. The van der Waals surface area contributed by atoms with Crippen molar-refractivity contribution in [3.63, 3.8) is 0 Å². The van der Waals surface area contributed by atoms with E-state index in [4.69, 9.17) is 9.84 Å². The zero-order chi connectivity index (χ0) is 16.2. The van der Waals surface area contributed by atoms with Crippen molar-refractivity contribution in [3.8, 4) is 0 Å². The highest BCUT2D eigenvalue weighted by Crippen LogP contribution is 2.14. The molecule has 1 aromatic carbocycles. The van der Waals surface area contributed by atoms with Gasteiger partial charge in [0.25, 0.3) is 5.91 Å². The van der Waals surface area contributed by atoms with Gasteiger partial charge in [0.05, 0.1) is 24.3 Å². The van der Waals surface area contributed by atoms with E-state index in [-0.39, 0.29) is 5.91 Å². The van der Waals surface area contributed by atoms with Gasteiger partial charge in [0.2, 0.25) is 0 Å². The van der Waals surface area contributed by atoms with Crippen molar-refractivity contribution in [1.82, 2.24) is 15.1 Å². The quantitative estimate of drug-likeness (QED) is 0.855. The predicted molar refractivity (Wildman–Crippen MR) is 81.0 cm³/mol. The van der Waals surface area contributed by atoms with Crippen molar-refractivity contribution in [2.45, 2.75) is 25.1 Å². The van der Waals surface area contributed by atoms with E-state index in [1.807, 2.05) is 30.3 Å². The van der Waals surface area contributed by atoms with Crippen molar-refractivity contribution < 1.29 is 19.4 Å². The van der Waals surface area contributed by atoms with E-state index in [9.17, 15) is 9.59 Å². The Hall–Kier alpha value is -2.67. The van der Waals surface area contributed by atoms with Gasteiger partial charge in [-0.3, -0.25) is 9.48 Å². The maximum absolute atomic E-state index is 12.2. The highest BCUT2D eigenvalue weighted by atomic mass is 16.5. The Kier molecular flexibility index (Phi) is 4.38. The number of carbonyl (C=O) groups excluding carboxylic acids is 1. The number of hydrogen-bond acceptors (Lipinski definition) is 4. The van der Waals surface area contributed by atoms with Crippen LogP contribution < -0.4 is 5.32 Å². The molecule has 7 nitrogen and oxygen atoms in total. The van der Waals surface area contributed by atoms with Crippen LogP contribution in [-0.4, -0.2) is 45.5 Å². The smallest absolute Gasteiger partial charge is 0.334 e. The average molecular weight is 315 g/mol. The number of nitrogens with zero attached hydrogens (tertiary/aromatic N) is 2. The van der Waals surface area contributed by atoms with Crippen molar-refractivity contribution in [2.24, 2.45) is 0 Å². The van der Waals surface area contributed by atoms with Crippen LogP contribution in [0.15, 0.2) is 42.7 Å². The fourth-order valence-corrected chi connectivity index (χ4v) is 2.57. The third-order valence-electron chi connectivity index (χ3n) is 3.73. The van der Waals surface area contributed by atoms with E-state index in [1.165, 1.54) is 6.20 Å². The molecular formula is C16H17N3O4. The second-order valence-corrected chi connectivity index (χ2v) is 5.41. The van der Waals surface area contributed by atoms with Gasteiger partial charge in [0.15, 0.2) is 6.10 Å². The Balaban J connectivity index is 1.63. The molecule has 7 heteroatoms. The highest BCUT2D eigenvalue weighted by Gasteiger charge is 2.35. The lowest BCUT2D eigenvalue weighted by Gasteiger charge is -2.15. The van der Waals surface area contributed by atoms with Crippen molar-refractivity contribution in [3.05, 3.63) is 53.9 Å². The number of aromatic nitrogens is 2.